The molecule has 11 heteroatoms. The molecule has 1 aliphatic heterocycles. The number of ether oxygens (including phenoxy) is 3. The van der Waals surface area contributed by atoms with E-state index < -0.39 is 24.2 Å². The Kier molecular flexibility index (Phi) is 11.8. The van der Waals surface area contributed by atoms with Crippen molar-refractivity contribution in [3.05, 3.63) is 32.9 Å². The third-order valence-electron chi connectivity index (χ3n) is 6.75. The molecule has 0 spiro atoms. The standard InChI is InChI=1S/C27H37IN2O8/c1-3-4-7-24(33)30(15-19-6-5-10-37-19)21-13-18(27(35)29-8-9-31)14-22(25(21)34)38-26-20(28)11-17(16-32)12-23(26)36-2/h11-12,14,16,19,21-22,25,31,34H,3-10,13,15H2,1-2H3,(H,29,35)/t19-,21+,22-,25-/m0/s1. The van der Waals surface area contributed by atoms with Crippen LogP contribution in [0.15, 0.2) is 23.8 Å². The Morgan fingerprint density at radius 2 is 2.13 bits per heavy atom. The number of nitrogens with zero attached hydrogens (tertiary/aromatic N) is 1. The van der Waals surface area contributed by atoms with Crippen molar-refractivity contribution in [3.8, 4) is 11.5 Å². The molecule has 210 valence electrons. The molecule has 0 unspecified atom stereocenters. The van der Waals surface area contributed by atoms with Crippen LogP contribution in [-0.2, 0) is 14.3 Å². The number of aldehydes is 1. The molecule has 38 heavy (non-hydrogen) atoms. The van der Waals surface area contributed by atoms with E-state index in [9.17, 15) is 24.6 Å². The summed E-state index contributed by atoms with van der Waals surface area (Å²) in [5.74, 6) is 0.117. The van der Waals surface area contributed by atoms with E-state index in [1.807, 2.05) is 29.5 Å². The van der Waals surface area contributed by atoms with Crippen molar-refractivity contribution in [2.24, 2.45) is 0 Å². The Hall–Kier alpha value is -2.22. The maximum Gasteiger partial charge on any atom is 0.247 e. The van der Waals surface area contributed by atoms with E-state index >= 15 is 0 Å². The number of unbranched alkanes of at least 4 members (excludes halogenated alkanes) is 1. The first-order chi connectivity index (χ1) is 18.3. The van der Waals surface area contributed by atoms with Crippen LogP contribution in [0, 0.1) is 3.57 Å². The number of carbonyl (C=O) groups is 3. The normalized spacial score (nSPS) is 22.9. The number of methoxy groups -OCH3 is 1. The summed E-state index contributed by atoms with van der Waals surface area (Å²) in [7, 11) is 1.45. The van der Waals surface area contributed by atoms with Crippen molar-refractivity contribution < 1.29 is 38.8 Å². The van der Waals surface area contributed by atoms with Crippen LogP contribution in [0.25, 0.3) is 0 Å². The van der Waals surface area contributed by atoms with Gasteiger partial charge in [0.1, 0.15) is 18.5 Å². The first-order valence-electron chi connectivity index (χ1n) is 13.0. The van der Waals surface area contributed by atoms with E-state index in [1.54, 1.807) is 17.0 Å². The van der Waals surface area contributed by atoms with E-state index in [0.717, 1.165) is 19.3 Å². The van der Waals surface area contributed by atoms with Gasteiger partial charge in [-0.2, -0.15) is 0 Å². The Morgan fingerprint density at radius 3 is 2.76 bits per heavy atom. The minimum Gasteiger partial charge on any atom is -0.493 e. The molecule has 1 saturated heterocycles. The Labute approximate surface area is 236 Å². The zero-order valence-corrected chi connectivity index (χ0v) is 24.0. The molecule has 0 saturated carbocycles. The molecule has 0 radical (unpaired) electrons. The van der Waals surface area contributed by atoms with Crippen LogP contribution in [0.5, 0.6) is 11.5 Å². The average molecular weight is 645 g/mol. The quantitative estimate of drug-likeness (QED) is 0.220. The summed E-state index contributed by atoms with van der Waals surface area (Å²) in [6.45, 7) is 2.81. The molecule has 10 nitrogen and oxygen atoms in total. The lowest BCUT2D eigenvalue weighted by Crippen LogP contribution is -2.56. The van der Waals surface area contributed by atoms with Crippen molar-refractivity contribution >= 4 is 40.7 Å². The zero-order chi connectivity index (χ0) is 27.7. The molecule has 3 rings (SSSR count). The van der Waals surface area contributed by atoms with Crippen molar-refractivity contribution in [2.45, 2.75) is 69.8 Å². The van der Waals surface area contributed by atoms with Crippen molar-refractivity contribution in [3.63, 3.8) is 0 Å². The lowest BCUT2D eigenvalue weighted by atomic mass is 9.87. The number of hydrogen-bond acceptors (Lipinski definition) is 8. The highest BCUT2D eigenvalue weighted by molar-refractivity contribution is 14.1. The third kappa shape index (κ3) is 7.67. The van der Waals surface area contributed by atoms with Gasteiger partial charge in [0.15, 0.2) is 11.5 Å². The first kappa shape index (κ1) is 30.3. The molecular weight excluding hydrogens is 607 g/mol. The first-order valence-corrected chi connectivity index (χ1v) is 14.1. The van der Waals surface area contributed by atoms with E-state index in [0.29, 0.717) is 58.5 Å². The summed E-state index contributed by atoms with van der Waals surface area (Å²) >= 11 is 2.02. The fourth-order valence-corrected chi connectivity index (χ4v) is 5.49. The summed E-state index contributed by atoms with van der Waals surface area (Å²) in [5, 5.41) is 23.4. The van der Waals surface area contributed by atoms with E-state index in [2.05, 4.69) is 5.32 Å². The van der Waals surface area contributed by atoms with Crippen LogP contribution >= 0.6 is 22.6 Å². The minimum atomic E-state index is -1.15. The number of amides is 2. The molecule has 1 aromatic carbocycles. The van der Waals surface area contributed by atoms with E-state index in [-0.39, 0.29) is 31.6 Å². The molecule has 3 N–H and O–H groups in total. The number of benzene rings is 1. The predicted octanol–water partition coefficient (Wildman–Crippen LogP) is 2.23. The summed E-state index contributed by atoms with van der Waals surface area (Å²) in [6, 6.07) is 2.44. The Morgan fingerprint density at radius 1 is 1.34 bits per heavy atom. The SMILES string of the molecule is CCCCC(=O)N(C[C@@H]1CCCO1)[C@@H]1CC(C(=O)NCCO)=C[C@H](Oc2c(I)cc(C=O)cc2OC)[C@H]1O. The largest absolute Gasteiger partial charge is 0.493 e. The van der Waals surface area contributed by atoms with Gasteiger partial charge in [0.05, 0.1) is 29.4 Å². The van der Waals surface area contributed by atoms with Crippen molar-refractivity contribution in [2.75, 3.05) is 33.4 Å². The number of hydrogen-bond donors (Lipinski definition) is 3. The molecular formula is C27H37IN2O8. The lowest BCUT2D eigenvalue weighted by molar-refractivity contribution is -0.141. The van der Waals surface area contributed by atoms with Gasteiger partial charge < -0.3 is 34.6 Å². The Bertz CT molecular complexity index is 1010. The minimum absolute atomic E-state index is 0.0723. The second-order valence-electron chi connectivity index (χ2n) is 9.45. The molecule has 2 aliphatic rings. The number of halogens is 1. The highest BCUT2D eigenvalue weighted by Gasteiger charge is 2.41. The maximum absolute atomic E-state index is 13.4. The lowest BCUT2D eigenvalue weighted by Gasteiger charge is -2.41. The second-order valence-corrected chi connectivity index (χ2v) is 10.6. The van der Waals surface area contributed by atoms with Gasteiger partial charge in [0.25, 0.3) is 0 Å². The van der Waals surface area contributed by atoms with Gasteiger partial charge >= 0.3 is 0 Å². The maximum atomic E-state index is 13.4. The highest BCUT2D eigenvalue weighted by Crippen LogP contribution is 2.37. The van der Waals surface area contributed by atoms with Crippen LogP contribution in [0.3, 0.4) is 0 Å². The molecule has 4 atom stereocenters. The van der Waals surface area contributed by atoms with Gasteiger partial charge in [-0.05, 0) is 60.1 Å². The van der Waals surface area contributed by atoms with Crippen LogP contribution in [-0.4, -0.2) is 91.0 Å². The monoisotopic (exact) mass is 644 g/mol. The van der Waals surface area contributed by atoms with Gasteiger partial charge in [-0.3, -0.25) is 14.4 Å². The number of aliphatic hydroxyl groups excluding tert-OH is 2. The molecule has 1 heterocycles. The van der Waals surface area contributed by atoms with Gasteiger partial charge in [-0.25, -0.2) is 0 Å². The highest BCUT2D eigenvalue weighted by atomic mass is 127. The van der Waals surface area contributed by atoms with Crippen LogP contribution in [0.4, 0.5) is 0 Å². The number of carbonyl (C=O) groups excluding carboxylic acids is 3. The molecule has 0 aromatic heterocycles. The van der Waals surface area contributed by atoms with Gasteiger partial charge in [0, 0.05) is 43.7 Å². The van der Waals surface area contributed by atoms with Crippen molar-refractivity contribution in [1.82, 2.24) is 10.2 Å². The molecule has 1 aromatic rings. The fraction of sp³-hybridized carbons (Fsp3) is 0.593. The van der Waals surface area contributed by atoms with Crippen LogP contribution < -0.4 is 14.8 Å². The second kappa shape index (κ2) is 14.8. The van der Waals surface area contributed by atoms with Crippen LogP contribution in [0.1, 0.15) is 55.8 Å². The number of nitrogens with one attached hydrogen (secondary N) is 1. The smallest absolute Gasteiger partial charge is 0.247 e. The Balaban J connectivity index is 1.98. The fourth-order valence-electron chi connectivity index (χ4n) is 4.74. The summed E-state index contributed by atoms with van der Waals surface area (Å²) in [6.07, 6.45) is 3.72. The average Bonchev–Trinajstić information content (AvgIpc) is 3.44. The molecule has 1 aliphatic carbocycles. The van der Waals surface area contributed by atoms with Gasteiger partial charge in [-0.1, -0.05) is 13.3 Å². The summed E-state index contributed by atoms with van der Waals surface area (Å²) < 4.78 is 18.1. The number of rotatable bonds is 13. The van der Waals surface area contributed by atoms with Gasteiger partial charge in [-0.15, -0.1) is 0 Å². The molecule has 1 fully saturated rings. The van der Waals surface area contributed by atoms with Gasteiger partial charge in [0.2, 0.25) is 11.8 Å². The predicted molar refractivity (Wildman–Crippen MR) is 148 cm³/mol. The number of aliphatic hydroxyl groups is 2. The topological polar surface area (TPSA) is 135 Å². The van der Waals surface area contributed by atoms with E-state index in [4.69, 9.17) is 14.2 Å². The van der Waals surface area contributed by atoms with E-state index in [1.165, 1.54) is 13.2 Å². The summed E-state index contributed by atoms with van der Waals surface area (Å²) in [4.78, 5) is 39.3. The van der Waals surface area contributed by atoms with Crippen molar-refractivity contribution in [1.29, 1.82) is 0 Å². The summed E-state index contributed by atoms with van der Waals surface area (Å²) in [5.41, 5.74) is 0.752. The zero-order valence-electron chi connectivity index (χ0n) is 21.9. The molecule has 2 amide bonds. The van der Waals surface area contributed by atoms with Crippen LogP contribution in [0.2, 0.25) is 0 Å². The third-order valence-corrected chi connectivity index (χ3v) is 7.55. The molecule has 0 bridgehead atoms.